The number of sulfonamides is 1. The van der Waals surface area contributed by atoms with Crippen molar-refractivity contribution >= 4 is 60.2 Å². The van der Waals surface area contributed by atoms with Crippen molar-refractivity contribution in [1.29, 1.82) is 0 Å². The quantitative estimate of drug-likeness (QED) is 0.853. The summed E-state index contributed by atoms with van der Waals surface area (Å²) in [4.78, 5) is 0. The van der Waals surface area contributed by atoms with Crippen molar-refractivity contribution in [1.82, 2.24) is 4.72 Å². The van der Waals surface area contributed by atoms with Gasteiger partial charge in [-0.3, -0.25) is 0 Å². The van der Waals surface area contributed by atoms with Crippen molar-refractivity contribution in [2.24, 2.45) is 0 Å². The highest BCUT2D eigenvalue weighted by molar-refractivity contribution is 9.11. The van der Waals surface area contributed by atoms with Crippen LogP contribution in [-0.2, 0) is 10.0 Å². The molecule has 1 N–H and O–H groups in total. The van der Waals surface area contributed by atoms with Gasteiger partial charge in [0.1, 0.15) is 4.21 Å². The van der Waals surface area contributed by atoms with Crippen LogP contribution >= 0.6 is 50.2 Å². The summed E-state index contributed by atoms with van der Waals surface area (Å²) in [5.41, 5.74) is 0.949. The Kier molecular flexibility index (Phi) is 4.51. The number of thiophene rings is 2. The normalized spacial score (nSPS) is 13.7. The van der Waals surface area contributed by atoms with Crippen LogP contribution < -0.4 is 4.72 Å². The lowest BCUT2D eigenvalue weighted by Gasteiger charge is -2.11. The van der Waals surface area contributed by atoms with Gasteiger partial charge in [-0.1, -0.05) is 11.6 Å². The predicted molar refractivity (Wildman–Crippen MR) is 80.1 cm³/mol. The molecule has 0 aliphatic carbocycles. The van der Waals surface area contributed by atoms with Gasteiger partial charge in [-0.25, -0.2) is 13.1 Å². The second kappa shape index (κ2) is 5.60. The standard InChI is InChI=1S/C10H9BrClNO2S3/c1-6(7-2-3-16-5-7)13-18(14,15)9-4-8(12)10(11)17-9/h2-6,13H,1H3. The van der Waals surface area contributed by atoms with Gasteiger partial charge in [0.2, 0.25) is 0 Å². The SMILES string of the molecule is CC(NS(=O)(=O)c1cc(Cl)c(Br)s1)c1ccsc1. The highest BCUT2D eigenvalue weighted by Crippen LogP contribution is 2.35. The molecule has 1 unspecified atom stereocenters. The lowest BCUT2D eigenvalue weighted by molar-refractivity contribution is 0.569. The van der Waals surface area contributed by atoms with Crippen LogP contribution in [0.3, 0.4) is 0 Å². The maximum atomic E-state index is 12.1. The first kappa shape index (κ1) is 14.5. The number of rotatable bonds is 4. The summed E-state index contributed by atoms with van der Waals surface area (Å²) in [6.45, 7) is 1.81. The lowest BCUT2D eigenvalue weighted by atomic mass is 10.2. The third-order valence-electron chi connectivity index (χ3n) is 2.26. The number of hydrogen-bond acceptors (Lipinski definition) is 4. The molecule has 0 bridgehead atoms. The molecule has 2 aromatic heterocycles. The molecule has 0 saturated carbocycles. The number of nitrogens with one attached hydrogen (secondary N) is 1. The minimum Gasteiger partial charge on any atom is -0.206 e. The lowest BCUT2D eigenvalue weighted by Crippen LogP contribution is -2.25. The first-order valence-corrected chi connectivity index (χ1v) is 9.31. The molecule has 98 valence electrons. The predicted octanol–water partition coefficient (Wildman–Crippen LogP) is 4.27. The maximum Gasteiger partial charge on any atom is 0.250 e. The summed E-state index contributed by atoms with van der Waals surface area (Å²) in [6.07, 6.45) is 0. The van der Waals surface area contributed by atoms with Crippen LogP contribution in [0.5, 0.6) is 0 Å². The van der Waals surface area contributed by atoms with Crippen LogP contribution in [0.2, 0.25) is 5.02 Å². The van der Waals surface area contributed by atoms with Crippen LogP contribution in [0.15, 0.2) is 30.9 Å². The smallest absolute Gasteiger partial charge is 0.206 e. The summed E-state index contributed by atoms with van der Waals surface area (Å²) in [5.74, 6) is 0. The largest absolute Gasteiger partial charge is 0.250 e. The Labute approximate surface area is 127 Å². The molecule has 1 atom stereocenters. The van der Waals surface area contributed by atoms with Gasteiger partial charge in [0.25, 0.3) is 10.0 Å². The highest BCUT2D eigenvalue weighted by atomic mass is 79.9. The summed E-state index contributed by atoms with van der Waals surface area (Å²) in [6, 6.07) is 3.08. The van der Waals surface area contributed by atoms with Crippen LogP contribution in [0.25, 0.3) is 0 Å². The van der Waals surface area contributed by atoms with Crippen LogP contribution in [-0.4, -0.2) is 8.42 Å². The monoisotopic (exact) mass is 385 g/mol. The van der Waals surface area contributed by atoms with Crippen molar-refractivity contribution in [3.63, 3.8) is 0 Å². The van der Waals surface area contributed by atoms with E-state index in [0.29, 0.717) is 8.81 Å². The Hall–Kier alpha value is 0.0800. The molecule has 0 aliphatic rings. The van der Waals surface area contributed by atoms with Gasteiger partial charge >= 0.3 is 0 Å². The molecule has 0 radical (unpaired) electrons. The second-order valence-corrected chi connectivity index (χ2v) is 9.08. The van der Waals surface area contributed by atoms with Crippen molar-refractivity contribution in [2.45, 2.75) is 17.2 Å². The average Bonchev–Trinajstić information content (AvgIpc) is 2.89. The molecule has 0 aliphatic heterocycles. The maximum absolute atomic E-state index is 12.1. The molecular weight excluding hydrogens is 378 g/mol. The van der Waals surface area contributed by atoms with E-state index in [9.17, 15) is 8.42 Å². The van der Waals surface area contributed by atoms with Gasteiger partial charge in [-0.05, 0) is 51.3 Å². The minimum atomic E-state index is -3.53. The van der Waals surface area contributed by atoms with Crippen molar-refractivity contribution < 1.29 is 8.42 Å². The van der Waals surface area contributed by atoms with Crippen molar-refractivity contribution in [3.8, 4) is 0 Å². The van der Waals surface area contributed by atoms with E-state index < -0.39 is 10.0 Å². The summed E-state index contributed by atoms with van der Waals surface area (Å²) in [5, 5.41) is 4.24. The molecule has 0 aromatic carbocycles. The van der Waals surface area contributed by atoms with Gasteiger partial charge in [0.05, 0.1) is 8.81 Å². The molecule has 2 aromatic rings. The van der Waals surface area contributed by atoms with E-state index in [2.05, 4.69) is 20.7 Å². The number of hydrogen-bond donors (Lipinski definition) is 1. The third-order valence-corrected chi connectivity index (χ3v) is 7.45. The van der Waals surface area contributed by atoms with Crippen molar-refractivity contribution in [2.75, 3.05) is 0 Å². The Morgan fingerprint density at radius 2 is 2.22 bits per heavy atom. The fraction of sp³-hybridized carbons (Fsp3) is 0.200. The average molecular weight is 387 g/mol. The van der Waals surface area contributed by atoms with E-state index in [-0.39, 0.29) is 10.3 Å². The van der Waals surface area contributed by atoms with E-state index in [1.54, 1.807) is 0 Å². The zero-order valence-electron chi connectivity index (χ0n) is 9.18. The van der Waals surface area contributed by atoms with Gasteiger partial charge < -0.3 is 0 Å². The van der Waals surface area contributed by atoms with Crippen molar-refractivity contribution in [3.05, 3.63) is 37.3 Å². The molecule has 3 nitrogen and oxygen atoms in total. The first-order valence-electron chi connectivity index (χ1n) is 4.89. The molecule has 0 saturated heterocycles. The summed E-state index contributed by atoms with van der Waals surface area (Å²) >= 11 is 11.7. The minimum absolute atomic E-state index is 0.210. The molecule has 8 heteroatoms. The van der Waals surface area contributed by atoms with E-state index in [1.807, 2.05) is 23.8 Å². The van der Waals surface area contributed by atoms with E-state index >= 15 is 0 Å². The van der Waals surface area contributed by atoms with Gasteiger partial charge in [-0.2, -0.15) is 11.3 Å². The molecule has 0 spiro atoms. The molecular formula is C10H9BrClNO2S3. The fourth-order valence-electron chi connectivity index (χ4n) is 1.34. The van der Waals surface area contributed by atoms with E-state index in [4.69, 9.17) is 11.6 Å². The molecule has 2 rings (SSSR count). The van der Waals surface area contributed by atoms with Gasteiger partial charge in [0, 0.05) is 6.04 Å². The molecule has 0 amide bonds. The van der Waals surface area contributed by atoms with Crippen LogP contribution in [0.1, 0.15) is 18.5 Å². The van der Waals surface area contributed by atoms with Crippen LogP contribution in [0.4, 0.5) is 0 Å². The number of halogens is 2. The van der Waals surface area contributed by atoms with Crippen LogP contribution in [0, 0.1) is 0 Å². The Bertz CT molecular complexity index is 617. The Morgan fingerprint density at radius 1 is 1.50 bits per heavy atom. The molecule has 18 heavy (non-hydrogen) atoms. The zero-order valence-corrected chi connectivity index (χ0v) is 14.0. The fourth-order valence-corrected chi connectivity index (χ4v) is 5.74. The van der Waals surface area contributed by atoms with Gasteiger partial charge in [-0.15, -0.1) is 11.3 Å². The Morgan fingerprint density at radius 3 is 2.72 bits per heavy atom. The summed E-state index contributed by atoms with van der Waals surface area (Å²) < 4.78 is 27.7. The second-order valence-electron chi connectivity index (χ2n) is 3.59. The highest BCUT2D eigenvalue weighted by Gasteiger charge is 2.22. The van der Waals surface area contributed by atoms with Gasteiger partial charge in [0.15, 0.2) is 0 Å². The molecule has 2 heterocycles. The first-order chi connectivity index (χ1) is 8.40. The Balaban J connectivity index is 2.22. The zero-order chi connectivity index (χ0) is 13.3. The third kappa shape index (κ3) is 3.15. The topological polar surface area (TPSA) is 46.2 Å². The molecule has 0 fully saturated rings. The van der Waals surface area contributed by atoms with E-state index in [1.165, 1.54) is 17.4 Å². The van der Waals surface area contributed by atoms with E-state index in [0.717, 1.165) is 16.9 Å². The summed E-state index contributed by atoms with van der Waals surface area (Å²) in [7, 11) is -3.53.